The molecule has 7 heteroatoms. The number of aromatic nitrogens is 2. The standard InChI is InChI=1S/C13H9ClFN3OS/c14-8-2-3-10-13(18-20-17-10)12(8)16-6-7-1-4-11(19)9(15)5-7/h1-5,16,19H,6H2. The molecule has 0 spiro atoms. The minimum atomic E-state index is -0.649. The van der Waals surface area contributed by atoms with Crippen molar-refractivity contribution in [3.63, 3.8) is 0 Å². The van der Waals surface area contributed by atoms with E-state index in [0.717, 1.165) is 17.2 Å². The van der Waals surface area contributed by atoms with Crippen LogP contribution in [0.3, 0.4) is 0 Å². The molecule has 0 atom stereocenters. The molecule has 0 unspecified atom stereocenters. The number of benzene rings is 2. The average molecular weight is 310 g/mol. The molecule has 3 aromatic rings. The van der Waals surface area contributed by atoms with E-state index in [1.54, 1.807) is 18.2 Å². The summed E-state index contributed by atoms with van der Waals surface area (Å²) in [5.74, 6) is -1.01. The highest BCUT2D eigenvalue weighted by Gasteiger charge is 2.10. The van der Waals surface area contributed by atoms with E-state index in [-0.39, 0.29) is 5.75 Å². The predicted molar refractivity (Wildman–Crippen MR) is 77.8 cm³/mol. The Hall–Kier alpha value is -1.92. The number of rotatable bonds is 3. The van der Waals surface area contributed by atoms with Crippen LogP contribution < -0.4 is 5.32 Å². The van der Waals surface area contributed by atoms with E-state index in [4.69, 9.17) is 16.7 Å². The van der Waals surface area contributed by atoms with Crippen molar-refractivity contribution in [1.82, 2.24) is 8.75 Å². The highest BCUT2D eigenvalue weighted by atomic mass is 35.5. The highest BCUT2D eigenvalue weighted by Crippen LogP contribution is 2.30. The van der Waals surface area contributed by atoms with Gasteiger partial charge in [-0.3, -0.25) is 0 Å². The summed E-state index contributed by atoms with van der Waals surface area (Å²) in [4.78, 5) is 0. The van der Waals surface area contributed by atoms with Gasteiger partial charge in [0.15, 0.2) is 11.6 Å². The maximum atomic E-state index is 13.3. The molecule has 0 saturated carbocycles. The summed E-state index contributed by atoms with van der Waals surface area (Å²) in [6, 6.07) is 7.77. The first-order chi connectivity index (χ1) is 9.65. The number of hydrogen-bond donors (Lipinski definition) is 2. The van der Waals surface area contributed by atoms with Gasteiger partial charge in [-0.2, -0.15) is 8.75 Å². The Balaban J connectivity index is 1.88. The number of nitrogens with zero attached hydrogens (tertiary/aromatic N) is 2. The molecule has 0 bridgehead atoms. The van der Waals surface area contributed by atoms with Crippen LogP contribution >= 0.6 is 23.3 Å². The molecule has 102 valence electrons. The van der Waals surface area contributed by atoms with E-state index in [9.17, 15) is 4.39 Å². The second-order valence-corrected chi connectivity index (χ2v) is 5.13. The van der Waals surface area contributed by atoms with Crippen LogP contribution in [0.15, 0.2) is 30.3 Å². The summed E-state index contributed by atoms with van der Waals surface area (Å²) in [5.41, 5.74) is 2.82. The zero-order valence-electron chi connectivity index (χ0n) is 10.1. The molecule has 2 aromatic carbocycles. The number of halogens is 2. The van der Waals surface area contributed by atoms with Crippen molar-refractivity contribution in [3.8, 4) is 5.75 Å². The smallest absolute Gasteiger partial charge is 0.165 e. The first kappa shape index (κ1) is 13.1. The summed E-state index contributed by atoms with van der Waals surface area (Å²) >= 11 is 7.25. The van der Waals surface area contributed by atoms with Crippen molar-refractivity contribution in [1.29, 1.82) is 0 Å². The van der Waals surface area contributed by atoms with Gasteiger partial charge in [0.05, 0.1) is 22.4 Å². The summed E-state index contributed by atoms with van der Waals surface area (Å²) in [6.45, 7) is 0.369. The van der Waals surface area contributed by atoms with Crippen LogP contribution in [0.2, 0.25) is 5.02 Å². The van der Waals surface area contributed by atoms with Crippen molar-refractivity contribution >= 4 is 40.0 Å². The Morgan fingerprint density at radius 2 is 2.10 bits per heavy atom. The van der Waals surface area contributed by atoms with Crippen LogP contribution in [-0.2, 0) is 6.54 Å². The number of fused-ring (bicyclic) bond motifs is 1. The summed E-state index contributed by atoms with van der Waals surface area (Å²) < 4.78 is 21.6. The third-order valence-electron chi connectivity index (χ3n) is 2.86. The first-order valence-electron chi connectivity index (χ1n) is 5.77. The van der Waals surface area contributed by atoms with Crippen LogP contribution in [-0.4, -0.2) is 13.9 Å². The van der Waals surface area contributed by atoms with Gasteiger partial charge in [0.25, 0.3) is 0 Å². The molecule has 0 amide bonds. The number of aromatic hydroxyl groups is 1. The van der Waals surface area contributed by atoms with Gasteiger partial charge in [-0.25, -0.2) is 4.39 Å². The Labute approximate surface area is 123 Å². The van der Waals surface area contributed by atoms with Gasteiger partial charge in [0, 0.05) is 6.54 Å². The SMILES string of the molecule is Oc1ccc(CNc2c(Cl)ccc3nsnc23)cc1F. The number of phenols is 1. The Bertz CT molecular complexity index is 777. The van der Waals surface area contributed by atoms with Gasteiger partial charge < -0.3 is 10.4 Å². The van der Waals surface area contributed by atoms with Gasteiger partial charge in [-0.15, -0.1) is 0 Å². The molecule has 2 N–H and O–H groups in total. The van der Waals surface area contributed by atoms with E-state index in [2.05, 4.69) is 14.1 Å². The Morgan fingerprint density at radius 3 is 2.90 bits per heavy atom. The number of nitrogens with one attached hydrogen (secondary N) is 1. The quantitative estimate of drug-likeness (QED) is 0.772. The molecule has 0 aliphatic heterocycles. The van der Waals surface area contributed by atoms with Gasteiger partial charge >= 0.3 is 0 Å². The van der Waals surface area contributed by atoms with E-state index >= 15 is 0 Å². The lowest BCUT2D eigenvalue weighted by Crippen LogP contribution is -2.01. The minimum Gasteiger partial charge on any atom is -0.505 e. The number of phenolic OH excluding ortho intramolecular Hbond substituents is 1. The Morgan fingerprint density at radius 1 is 1.25 bits per heavy atom. The van der Waals surface area contributed by atoms with Crippen LogP contribution in [0, 0.1) is 5.82 Å². The molecule has 1 heterocycles. The van der Waals surface area contributed by atoms with Gasteiger partial charge in [0.1, 0.15) is 11.0 Å². The molecule has 20 heavy (non-hydrogen) atoms. The molecule has 3 rings (SSSR count). The van der Waals surface area contributed by atoms with Crippen molar-refractivity contribution in [2.75, 3.05) is 5.32 Å². The lowest BCUT2D eigenvalue weighted by molar-refractivity contribution is 0.432. The lowest BCUT2D eigenvalue weighted by atomic mass is 10.2. The minimum absolute atomic E-state index is 0.363. The fourth-order valence-electron chi connectivity index (χ4n) is 1.85. The van der Waals surface area contributed by atoms with Crippen LogP contribution in [0.4, 0.5) is 10.1 Å². The predicted octanol–water partition coefficient (Wildman–Crippen LogP) is 3.80. The monoisotopic (exact) mass is 309 g/mol. The Kier molecular flexibility index (Phi) is 3.42. The van der Waals surface area contributed by atoms with E-state index < -0.39 is 5.82 Å². The lowest BCUT2D eigenvalue weighted by Gasteiger charge is -2.09. The van der Waals surface area contributed by atoms with E-state index in [1.807, 2.05) is 0 Å². The first-order valence-corrected chi connectivity index (χ1v) is 6.88. The van der Waals surface area contributed by atoms with Crippen molar-refractivity contribution in [3.05, 3.63) is 46.7 Å². The molecule has 1 aromatic heterocycles. The fraction of sp³-hybridized carbons (Fsp3) is 0.0769. The summed E-state index contributed by atoms with van der Waals surface area (Å²) in [5, 5.41) is 12.8. The van der Waals surface area contributed by atoms with Crippen molar-refractivity contribution in [2.45, 2.75) is 6.54 Å². The number of anilines is 1. The average Bonchev–Trinajstić information content (AvgIpc) is 2.90. The molecule has 0 radical (unpaired) electrons. The third-order valence-corrected chi connectivity index (χ3v) is 3.72. The van der Waals surface area contributed by atoms with E-state index in [1.165, 1.54) is 12.1 Å². The van der Waals surface area contributed by atoms with Gasteiger partial charge in [0.2, 0.25) is 0 Å². The van der Waals surface area contributed by atoms with Gasteiger partial charge in [-0.1, -0.05) is 17.7 Å². The zero-order chi connectivity index (χ0) is 14.1. The molecule has 4 nitrogen and oxygen atoms in total. The number of hydrogen-bond acceptors (Lipinski definition) is 5. The molecule has 0 aliphatic rings. The van der Waals surface area contributed by atoms with Crippen molar-refractivity contribution in [2.24, 2.45) is 0 Å². The summed E-state index contributed by atoms with van der Waals surface area (Å²) in [6.07, 6.45) is 0. The molecule has 0 saturated heterocycles. The third kappa shape index (κ3) is 2.39. The largest absolute Gasteiger partial charge is 0.505 e. The van der Waals surface area contributed by atoms with Crippen LogP contribution in [0.1, 0.15) is 5.56 Å². The highest BCUT2D eigenvalue weighted by molar-refractivity contribution is 7.00. The topological polar surface area (TPSA) is 58.0 Å². The van der Waals surface area contributed by atoms with Crippen LogP contribution in [0.25, 0.3) is 11.0 Å². The maximum absolute atomic E-state index is 13.3. The summed E-state index contributed by atoms with van der Waals surface area (Å²) in [7, 11) is 0. The molecule has 0 aliphatic carbocycles. The zero-order valence-corrected chi connectivity index (χ0v) is 11.7. The fourth-order valence-corrected chi connectivity index (χ4v) is 2.61. The molecule has 0 fully saturated rings. The van der Waals surface area contributed by atoms with E-state index in [0.29, 0.717) is 28.3 Å². The molecular formula is C13H9ClFN3OS. The van der Waals surface area contributed by atoms with Crippen LogP contribution in [0.5, 0.6) is 5.75 Å². The maximum Gasteiger partial charge on any atom is 0.165 e. The second kappa shape index (κ2) is 5.22. The van der Waals surface area contributed by atoms with Crippen molar-refractivity contribution < 1.29 is 9.50 Å². The molecular weight excluding hydrogens is 301 g/mol. The second-order valence-electron chi connectivity index (χ2n) is 4.19. The van der Waals surface area contributed by atoms with Gasteiger partial charge in [-0.05, 0) is 29.8 Å². The normalized spacial score (nSPS) is 10.9.